The fourth-order valence-electron chi connectivity index (χ4n) is 2.42. The number of benzene rings is 2. The van der Waals surface area contributed by atoms with Gasteiger partial charge in [-0.25, -0.2) is 0 Å². The number of hydrogen-bond donors (Lipinski definition) is 0. The summed E-state index contributed by atoms with van der Waals surface area (Å²) in [5.41, 5.74) is 0. The molecule has 1 aliphatic heterocycles. The molecule has 3 rings (SSSR count). The first-order valence-electron chi connectivity index (χ1n) is 6.84. The molecule has 1 saturated heterocycles. The third kappa shape index (κ3) is 2.77. The second kappa shape index (κ2) is 6.03. The summed E-state index contributed by atoms with van der Waals surface area (Å²) in [6.07, 6.45) is 2.26. The van der Waals surface area contributed by atoms with Crippen LogP contribution in [0.3, 0.4) is 0 Å². The minimum absolute atomic E-state index is 0.922. The van der Waals surface area contributed by atoms with Crippen molar-refractivity contribution in [1.82, 2.24) is 0 Å². The molecule has 1 fully saturated rings. The minimum atomic E-state index is -2.66. The van der Waals surface area contributed by atoms with Gasteiger partial charge in [-0.05, 0) is 29.3 Å². The van der Waals surface area contributed by atoms with Crippen LogP contribution in [0.4, 0.5) is 0 Å². The third-order valence-electron chi connectivity index (χ3n) is 3.46. The molecule has 3 heteroatoms. The van der Waals surface area contributed by atoms with Crippen LogP contribution in [-0.4, -0.2) is 5.75 Å². The van der Waals surface area contributed by atoms with Crippen LogP contribution < -0.4 is 10.6 Å². The number of thioether (sulfide) groups is 1. The van der Waals surface area contributed by atoms with Gasteiger partial charge in [-0.2, -0.15) is 0 Å². The Morgan fingerprint density at radius 1 is 0.900 bits per heavy atom. The van der Waals surface area contributed by atoms with Gasteiger partial charge < -0.3 is 4.57 Å². The summed E-state index contributed by atoms with van der Waals surface area (Å²) in [5, 5.41) is 1.84. The zero-order valence-corrected chi connectivity index (χ0v) is 12.9. The summed E-state index contributed by atoms with van der Waals surface area (Å²) in [4.78, 5) is 1.28. The second-order valence-corrected chi connectivity index (χ2v) is 8.70. The van der Waals surface area contributed by atoms with Crippen molar-refractivity contribution in [3.8, 4) is 0 Å². The highest BCUT2D eigenvalue weighted by atomic mass is 32.2. The fourth-order valence-corrected chi connectivity index (χ4v) is 6.37. The van der Waals surface area contributed by atoms with Crippen molar-refractivity contribution in [3.05, 3.63) is 71.4 Å². The van der Waals surface area contributed by atoms with Crippen molar-refractivity contribution in [2.24, 2.45) is 0 Å². The van der Waals surface area contributed by atoms with E-state index in [1.165, 1.54) is 11.3 Å². The summed E-state index contributed by atoms with van der Waals surface area (Å²) >= 11 is 1.85. The van der Waals surface area contributed by atoms with Gasteiger partial charge in [-0.3, -0.25) is 0 Å². The molecule has 0 spiro atoms. The van der Waals surface area contributed by atoms with Gasteiger partial charge in [0.2, 0.25) is 0 Å². The zero-order chi connectivity index (χ0) is 13.8. The van der Waals surface area contributed by atoms with Crippen LogP contribution in [0.2, 0.25) is 0 Å². The van der Waals surface area contributed by atoms with Crippen LogP contribution in [0, 0.1) is 0 Å². The average Bonchev–Trinajstić information content (AvgIpc) is 3.02. The summed E-state index contributed by atoms with van der Waals surface area (Å²) in [6.45, 7) is 0. The van der Waals surface area contributed by atoms with Gasteiger partial charge in [0.15, 0.2) is 7.14 Å². The van der Waals surface area contributed by atoms with E-state index in [1.807, 2.05) is 78.2 Å². The molecule has 0 N–H and O–H groups in total. The predicted molar refractivity (Wildman–Crippen MR) is 89.5 cm³/mol. The molecule has 0 atom stereocenters. The fraction of sp³-hybridized carbons (Fsp3) is 0.176. The maximum Gasteiger partial charge on any atom is 0.164 e. The van der Waals surface area contributed by atoms with E-state index in [-0.39, 0.29) is 0 Å². The molecular formula is C17H17OPS. The van der Waals surface area contributed by atoms with Crippen molar-refractivity contribution in [2.75, 3.05) is 5.75 Å². The van der Waals surface area contributed by atoms with E-state index in [9.17, 15) is 4.57 Å². The third-order valence-corrected chi connectivity index (χ3v) is 7.63. The van der Waals surface area contributed by atoms with Crippen LogP contribution >= 0.6 is 18.9 Å². The lowest BCUT2D eigenvalue weighted by Crippen LogP contribution is -2.14. The Bertz CT molecular complexity index is 598. The Morgan fingerprint density at radius 2 is 1.45 bits per heavy atom. The van der Waals surface area contributed by atoms with Gasteiger partial charge in [-0.1, -0.05) is 60.7 Å². The van der Waals surface area contributed by atoms with E-state index in [0.717, 1.165) is 22.8 Å². The standard InChI is InChI=1S/C17H17OPS/c18-19(14-17-12-7-13-20-17,15-8-3-1-4-9-15)16-10-5-2-6-11-16/h1-6,8-11,14H,7,12-13H2/b17-14+. The van der Waals surface area contributed by atoms with E-state index in [0.29, 0.717) is 0 Å². The van der Waals surface area contributed by atoms with Gasteiger partial charge in [-0.15, -0.1) is 11.8 Å². The highest BCUT2D eigenvalue weighted by Crippen LogP contribution is 2.49. The van der Waals surface area contributed by atoms with Crippen LogP contribution in [0.25, 0.3) is 0 Å². The lowest BCUT2D eigenvalue weighted by molar-refractivity contribution is 0.592. The van der Waals surface area contributed by atoms with Gasteiger partial charge in [0, 0.05) is 10.6 Å². The van der Waals surface area contributed by atoms with Crippen LogP contribution in [0.15, 0.2) is 71.4 Å². The SMILES string of the molecule is O=P(/C=C1\CCCS1)(c1ccccc1)c1ccccc1. The molecule has 0 radical (unpaired) electrons. The monoisotopic (exact) mass is 300 g/mol. The normalized spacial score (nSPS) is 17.5. The topological polar surface area (TPSA) is 17.1 Å². The summed E-state index contributed by atoms with van der Waals surface area (Å²) < 4.78 is 13.7. The van der Waals surface area contributed by atoms with Gasteiger partial charge in [0.1, 0.15) is 0 Å². The van der Waals surface area contributed by atoms with Crippen molar-refractivity contribution in [3.63, 3.8) is 0 Å². The summed E-state index contributed by atoms with van der Waals surface area (Å²) in [6, 6.07) is 19.7. The Labute approximate surface area is 124 Å². The number of rotatable bonds is 3. The maximum absolute atomic E-state index is 13.7. The quantitative estimate of drug-likeness (QED) is 0.783. The summed E-state index contributed by atoms with van der Waals surface area (Å²) in [7, 11) is -2.66. The van der Waals surface area contributed by atoms with Crippen molar-refractivity contribution in [2.45, 2.75) is 12.8 Å². The molecular weight excluding hydrogens is 283 g/mol. The molecule has 1 heterocycles. The largest absolute Gasteiger partial charge is 0.309 e. The van der Waals surface area contributed by atoms with Gasteiger partial charge >= 0.3 is 0 Å². The Hall–Kier alpha value is -1.24. The molecule has 0 unspecified atom stereocenters. The molecule has 0 saturated carbocycles. The highest BCUT2D eigenvalue weighted by Gasteiger charge is 2.26. The molecule has 2 aromatic carbocycles. The van der Waals surface area contributed by atoms with E-state index < -0.39 is 7.14 Å². The Kier molecular flexibility index (Phi) is 4.14. The van der Waals surface area contributed by atoms with E-state index >= 15 is 0 Å². The van der Waals surface area contributed by atoms with E-state index in [2.05, 4.69) is 0 Å². The highest BCUT2D eigenvalue weighted by molar-refractivity contribution is 8.03. The maximum atomic E-state index is 13.7. The lowest BCUT2D eigenvalue weighted by Gasteiger charge is -2.16. The molecule has 102 valence electrons. The average molecular weight is 300 g/mol. The second-order valence-electron chi connectivity index (χ2n) is 4.88. The summed E-state index contributed by atoms with van der Waals surface area (Å²) in [5.74, 6) is 3.19. The van der Waals surface area contributed by atoms with E-state index in [1.54, 1.807) is 0 Å². The smallest absolute Gasteiger partial charge is 0.164 e. The van der Waals surface area contributed by atoms with E-state index in [4.69, 9.17) is 0 Å². The molecule has 1 aliphatic rings. The van der Waals surface area contributed by atoms with Gasteiger partial charge in [0.05, 0.1) is 0 Å². The molecule has 0 aromatic heterocycles. The van der Waals surface area contributed by atoms with Crippen LogP contribution in [-0.2, 0) is 4.57 Å². The molecule has 1 nitrogen and oxygen atoms in total. The van der Waals surface area contributed by atoms with Crippen molar-refractivity contribution < 1.29 is 4.57 Å². The van der Waals surface area contributed by atoms with Crippen LogP contribution in [0.1, 0.15) is 12.8 Å². The number of allylic oxidation sites excluding steroid dienone is 1. The van der Waals surface area contributed by atoms with Crippen molar-refractivity contribution >= 4 is 29.5 Å². The minimum Gasteiger partial charge on any atom is -0.309 e. The van der Waals surface area contributed by atoms with Crippen LogP contribution in [0.5, 0.6) is 0 Å². The first kappa shape index (κ1) is 13.7. The van der Waals surface area contributed by atoms with Crippen molar-refractivity contribution in [1.29, 1.82) is 0 Å². The molecule has 0 aliphatic carbocycles. The molecule has 2 aromatic rings. The zero-order valence-electron chi connectivity index (χ0n) is 11.2. The Morgan fingerprint density at radius 3 is 1.90 bits per heavy atom. The first-order valence-corrected chi connectivity index (χ1v) is 9.61. The Balaban J connectivity index is 2.13. The molecule has 20 heavy (non-hydrogen) atoms. The van der Waals surface area contributed by atoms with Gasteiger partial charge in [0.25, 0.3) is 0 Å². The lowest BCUT2D eigenvalue weighted by atomic mass is 10.3. The molecule has 0 amide bonds. The predicted octanol–water partition coefficient (Wildman–Crippen LogP) is 4.37. The first-order chi connectivity index (χ1) is 9.79. The molecule has 0 bridgehead atoms. The number of hydrogen-bond acceptors (Lipinski definition) is 2.